The molecule has 166 valence electrons. The van der Waals surface area contributed by atoms with Gasteiger partial charge >= 0.3 is 0 Å². The minimum atomic E-state index is -0.292. The molecular weight excluding hydrogens is 415 g/mol. The predicted octanol–water partition coefficient (Wildman–Crippen LogP) is 5.20. The van der Waals surface area contributed by atoms with Crippen LogP contribution in [-0.4, -0.2) is 37.9 Å². The number of nitrogens with one attached hydrogen (secondary N) is 1. The lowest BCUT2D eigenvalue weighted by Gasteiger charge is -2.32. The molecule has 5 rings (SSSR count). The van der Waals surface area contributed by atoms with Crippen molar-refractivity contribution >= 4 is 11.5 Å². The molecule has 0 aliphatic carbocycles. The molecule has 0 amide bonds. The molecule has 0 bridgehead atoms. The molecule has 1 aliphatic rings. The van der Waals surface area contributed by atoms with E-state index in [1.165, 1.54) is 17.7 Å². The number of halogens is 1. The minimum absolute atomic E-state index is 0.208. The SMILES string of the molecule is Fc1cccc(Nc2cc(-c3cccnc3)nc(C3CCCN(Cc4cccnc4)C3)n2)c1. The third-order valence-corrected chi connectivity index (χ3v) is 5.80. The van der Waals surface area contributed by atoms with Crippen molar-refractivity contribution in [1.29, 1.82) is 0 Å². The number of likely N-dealkylation sites (tertiary alicyclic amines) is 1. The number of nitrogens with zero attached hydrogens (tertiary/aromatic N) is 5. The average molecular weight is 441 g/mol. The Balaban J connectivity index is 1.44. The lowest BCUT2D eigenvalue weighted by Crippen LogP contribution is -2.34. The van der Waals surface area contributed by atoms with E-state index < -0.39 is 0 Å². The Morgan fingerprint density at radius 2 is 1.85 bits per heavy atom. The molecule has 1 saturated heterocycles. The van der Waals surface area contributed by atoms with E-state index in [-0.39, 0.29) is 11.7 Å². The van der Waals surface area contributed by atoms with Gasteiger partial charge < -0.3 is 5.32 Å². The van der Waals surface area contributed by atoms with Crippen LogP contribution in [0.3, 0.4) is 0 Å². The Kier molecular flexibility index (Phi) is 6.30. The summed E-state index contributed by atoms with van der Waals surface area (Å²) in [7, 11) is 0. The third-order valence-electron chi connectivity index (χ3n) is 5.80. The molecule has 1 N–H and O–H groups in total. The van der Waals surface area contributed by atoms with Gasteiger partial charge in [0, 0.05) is 61.1 Å². The Morgan fingerprint density at radius 1 is 0.970 bits per heavy atom. The smallest absolute Gasteiger partial charge is 0.135 e. The molecule has 4 aromatic rings. The molecule has 0 radical (unpaired) electrons. The Labute approximate surface area is 192 Å². The molecule has 0 spiro atoms. The largest absolute Gasteiger partial charge is 0.340 e. The highest BCUT2D eigenvalue weighted by Crippen LogP contribution is 2.29. The van der Waals surface area contributed by atoms with Gasteiger partial charge in [-0.15, -0.1) is 0 Å². The van der Waals surface area contributed by atoms with Crippen molar-refractivity contribution < 1.29 is 4.39 Å². The van der Waals surface area contributed by atoms with Crippen molar-refractivity contribution in [2.75, 3.05) is 18.4 Å². The van der Waals surface area contributed by atoms with E-state index in [4.69, 9.17) is 9.97 Å². The van der Waals surface area contributed by atoms with Crippen molar-refractivity contribution in [2.45, 2.75) is 25.3 Å². The van der Waals surface area contributed by atoms with Gasteiger partial charge in [-0.05, 0) is 61.3 Å². The van der Waals surface area contributed by atoms with Crippen LogP contribution in [0.2, 0.25) is 0 Å². The molecular formula is C26H25FN6. The normalized spacial score (nSPS) is 16.5. The lowest BCUT2D eigenvalue weighted by molar-refractivity contribution is 0.196. The van der Waals surface area contributed by atoms with Crippen LogP contribution in [0.25, 0.3) is 11.3 Å². The molecule has 6 nitrogen and oxygen atoms in total. The molecule has 7 heteroatoms. The van der Waals surface area contributed by atoms with Crippen molar-refractivity contribution in [3.8, 4) is 11.3 Å². The van der Waals surface area contributed by atoms with Gasteiger partial charge in [0.25, 0.3) is 0 Å². The number of anilines is 2. The van der Waals surface area contributed by atoms with Gasteiger partial charge in [-0.3, -0.25) is 14.9 Å². The van der Waals surface area contributed by atoms with Gasteiger partial charge in [0.1, 0.15) is 17.5 Å². The van der Waals surface area contributed by atoms with Crippen LogP contribution in [0.1, 0.15) is 30.1 Å². The maximum absolute atomic E-state index is 13.7. The Bertz CT molecular complexity index is 1200. The number of benzene rings is 1. The first-order valence-electron chi connectivity index (χ1n) is 11.2. The molecule has 1 atom stereocenters. The number of hydrogen-bond donors (Lipinski definition) is 1. The zero-order chi connectivity index (χ0) is 22.5. The highest BCUT2D eigenvalue weighted by Gasteiger charge is 2.25. The van der Waals surface area contributed by atoms with Crippen molar-refractivity contribution in [3.63, 3.8) is 0 Å². The third kappa shape index (κ3) is 5.38. The fraction of sp³-hybridized carbons (Fsp3) is 0.231. The fourth-order valence-electron chi connectivity index (χ4n) is 4.25. The molecule has 1 unspecified atom stereocenters. The summed E-state index contributed by atoms with van der Waals surface area (Å²) in [5, 5.41) is 3.25. The summed E-state index contributed by atoms with van der Waals surface area (Å²) < 4.78 is 13.7. The van der Waals surface area contributed by atoms with E-state index in [1.54, 1.807) is 24.7 Å². The summed E-state index contributed by atoms with van der Waals surface area (Å²) in [4.78, 5) is 20.7. The first kappa shape index (κ1) is 21.2. The van der Waals surface area contributed by atoms with Crippen molar-refractivity contribution in [2.24, 2.45) is 0 Å². The summed E-state index contributed by atoms with van der Waals surface area (Å²) in [5.74, 6) is 1.36. The quantitative estimate of drug-likeness (QED) is 0.445. The highest BCUT2D eigenvalue weighted by atomic mass is 19.1. The molecule has 33 heavy (non-hydrogen) atoms. The molecule has 3 aromatic heterocycles. The van der Waals surface area contributed by atoms with Gasteiger partial charge in [0.15, 0.2) is 0 Å². The Hall–Kier alpha value is -3.71. The van der Waals surface area contributed by atoms with Crippen LogP contribution in [0.5, 0.6) is 0 Å². The summed E-state index contributed by atoms with van der Waals surface area (Å²) in [5.41, 5.74) is 3.58. The van der Waals surface area contributed by atoms with Crippen molar-refractivity contribution in [1.82, 2.24) is 24.8 Å². The minimum Gasteiger partial charge on any atom is -0.340 e. The summed E-state index contributed by atoms with van der Waals surface area (Å²) >= 11 is 0. The van der Waals surface area contributed by atoms with Gasteiger partial charge in [-0.1, -0.05) is 12.1 Å². The van der Waals surface area contributed by atoms with E-state index in [1.807, 2.05) is 36.5 Å². The molecule has 1 fully saturated rings. The standard InChI is InChI=1S/C26H25FN6/c27-22-8-1-9-23(13-22)30-25-14-24(20-6-3-11-29-16-20)31-26(32-25)21-7-4-12-33(18-21)17-19-5-2-10-28-15-19/h1-3,5-6,8-11,13-16,21H,4,7,12,17-18H2,(H,30,31,32). The summed E-state index contributed by atoms with van der Waals surface area (Å²) in [6.45, 7) is 2.79. The maximum atomic E-state index is 13.7. The number of pyridine rings is 2. The molecule has 4 heterocycles. The first-order valence-corrected chi connectivity index (χ1v) is 11.2. The van der Waals surface area contributed by atoms with Crippen LogP contribution >= 0.6 is 0 Å². The maximum Gasteiger partial charge on any atom is 0.135 e. The van der Waals surface area contributed by atoms with E-state index in [0.29, 0.717) is 11.5 Å². The van der Waals surface area contributed by atoms with E-state index in [0.717, 1.165) is 49.6 Å². The van der Waals surface area contributed by atoms with E-state index >= 15 is 0 Å². The average Bonchev–Trinajstić information content (AvgIpc) is 2.85. The number of hydrogen-bond acceptors (Lipinski definition) is 6. The van der Waals surface area contributed by atoms with Gasteiger partial charge in [0.2, 0.25) is 0 Å². The topological polar surface area (TPSA) is 66.8 Å². The van der Waals surface area contributed by atoms with E-state index in [2.05, 4.69) is 26.3 Å². The van der Waals surface area contributed by atoms with Crippen molar-refractivity contribution in [3.05, 3.63) is 96.6 Å². The van der Waals surface area contributed by atoms with Gasteiger partial charge in [0.05, 0.1) is 5.69 Å². The number of aromatic nitrogens is 4. The van der Waals surface area contributed by atoms with Crippen LogP contribution in [0.15, 0.2) is 79.4 Å². The summed E-state index contributed by atoms with van der Waals surface area (Å²) in [6, 6.07) is 16.2. The summed E-state index contributed by atoms with van der Waals surface area (Å²) in [6.07, 6.45) is 9.37. The van der Waals surface area contributed by atoms with Crippen LogP contribution in [0.4, 0.5) is 15.9 Å². The predicted molar refractivity (Wildman–Crippen MR) is 126 cm³/mol. The fourth-order valence-corrected chi connectivity index (χ4v) is 4.25. The monoisotopic (exact) mass is 440 g/mol. The number of rotatable bonds is 6. The number of piperidine rings is 1. The second-order valence-corrected chi connectivity index (χ2v) is 8.31. The first-order chi connectivity index (χ1) is 16.2. The Morgan fingerprint density at radius 3 is 2.64 bits per heavy atom. The van der Waals surface area contributed by atoms with E-state index in [9.17, 15) is 4.39 Å². The van der Waals surface area contributed by atoms with Crippen LogP contribution in [-0.2, 0) is 6.54 Å². The molecule has 1 aliphatic heterocycles. The van der Waals surface area contributed by atoms with Crippen LogP contribution in [0, 0.1) is 5.82 Å². The molecule has 1 aromatic carbocycles. The zero-order valence-electron chi connectivity index (χ0n) is 18.2. The van der Waals surface area contributed by atoms with Gasteiger partial charge in [-0.2, -0.15) is 0 Å². The van der Waals surface area contributed by atoms with Gasteiger partial charge in [-0.25, -0.2) is 14.4 Å². The second kappa shape index (κ2) is 9.83. The second-order valence-electron chi connectivity index (χ2n) is 8.31. The lowest BCUT2D eigenvalue weighted by atomic mass is 9.96. The highest BCUT2D eigenvalue weighted by molar-refractivity contribution is 5.65. The van der Waals surface area contributed by atoms with Crippen LogP contribution < -0.4 is 5.32 Å². The molecule has 0 saturated carbocycles. The zero-order valence-corrected chi connectivity index (χ0v) is 18.2.